The smallest absolute Gasteiger partial charge is 0.319 e. The van der Waals surface area contributed by atoms with Crippen molar-refractivity contribution in [2.24, 2.45) is 7.05 Å². The Labute approximate surface area is 156 Å². The van der Waals surface area contributed by atoms with Crippen molar-refractivity contribution < 1.29 is 13.9 Å². The Morgan fingerprint density at radius 3 is 2.96 bits per heavy atom. The highest BCUT2D eigenvalue weighted by atomic mass is 19.1. The summed E-state index contributed by atoms with van der Waals surface area (Å²) in [5.74, 6) is 0.101. The lowest BCUT2D eigenvalue weighted by atomic mass is 9.90. The molecule has 1 aromatic heterocycles. The van der Waals surface area contributed by atoms with E-state index in [1.807, 2.05) is 39.1 Å². The molecule has 0 aliphatic carbocycles. The van der Waals surface area contributed by atoms with Gasteiger partial charge in [-0.2, -0.15) is 5.10 Å². The fourth-order valence-corrected chi connectivity index (χ4v) is 3.56. The average molecular weight is 368 g/mol. The summed E-state index contributed by atoms with van der Waals surface area (Å²) >= 11 is 0. The summed E-state index contributed by atoms with van der Waals surface area (Å²) in [6.07, 6.45) is 2.30. The molecule has 0 saturated carbocycles. The van der Waals surface area contributed by atoms with Gasteiger partial charge in [-0.1, -0.05) is 12.1 Å². The zero-order chi connectivity index (χ0) is 19.2. The zero-order valence-corrected chi connectivity index (χ0v) is 15.4. The monoisotopic (exact) mass is 368 g/mol. The molecule has 0 fully saturated rings. The van der Waals surface area contributed by atoms with Gasteiger partial charge in [0.1, 0.15) is 17.2 Å². The van der Waals surface area contributed by atoms with Crippen molar-refractivity contribution in [1.29, 1.82) is 0 Å². The van der Waals surface area contributed by atoms with Crippen molar-refractivity contribution in [3.63, 3.8) is 0 Å². The number of carbonyl (C=O) groups excluding carboxylic acids is 1. The van der Waals surface area contributed by atoms with E-state index in [9.17, 15) is 9.18 Å². The number of halogens is 1. The minimum Gasteiger partial charge on any atom is -0.487 e. The molecule has 1 aliphatic heterocycles. The Bertz CT molecular complexity index is 1030. The van der Waals surface area contributed by atoms with E-state index in [0.29, 0.717) is 17.9 Å². The molecule has 6 nitrogen and oxygen atoms in total. The van der Waals surface area contributed by atoms with Crippen LogP contribution in [0.15, 0.2) is 42.6 Å². The van der Waals surface area contributed by atoms with Crippen LogP contribution < -0.4 is 15.4 Å². The third-order valence-electron chi connectivity index (χ3n) is 4.78. The SMILES string of the molecule is Cn1ncc2c(NC(=O)N[C@@H]3CC(C)(C)Oc4cc(F)ccc43)cccc21. The van der Waals surface area contributed by atoms with Crippen molar-refractivity contribution in [2.45, 2.75) is 31.9 Å². The van der Waals surface area contributed by atoms with Crippen LogP contribution in [0, 0.1) is 5.82 Å². The second-order valence-electron chi connectivity index (χ2n) is 7.41. The number of fused-ring (bicyclic) bond motifs is 2. The Morgan fingerprint density at radius 1 is 1.33 bits per heavy atom. The van der Waals surface area contributed by atoms with Gasteiger partial charge in [0.05, 0.1) is 23.4 Å². The highest BCUT2D eigenvalue weighted by Crippen LogP contribution is 2.39. The Hall–Kier alpha value is -3.09. The topological polar surface area (TPSA) is 68.2 Å². The first-order valence-electron chi connectivity index (χ1n) is 8.79. The number of anilines is 1. The molecule has 2 amide bonds. The molecule has 0 bridgehead atoms. The Balaban J connectivity index is 1.57. The minimum atomic E-state index is -0.512. The molecule has 0 spiro atoms. The molecule has 4 rings (SSSR count). The van der Waals surface area contributed by atoms with E-state index in [1.165, 1.54) is 12.1 Å². The van der Waals surface area contributed by atoms with E-state index < -0.39 is 5.60 Å². The van der Waals surface area contributed by atoms with E-state index in [0.717, 1.165) is 16.5 Å². The summed E-state index contributed by atoms with van der Waals surface area (Å²) in [5.41, 5.74) is 1.87. The number of aromatic nitrogens is 2. The van der Waals surface area contributed by atoms with Crippen molar-refractivity contribution in [2.75, 3.05) is 5.32 Å². The molecule has 2 heterocycles. The molecule has 1 aliphatic rings. The summed E-state index contributed by atoms with van der Waals surface area (Å²) in [6.45, 7) is 3.84. The molecule has 0 unspecified atom stereocenters. The largest absolute Gasteiger partial charge is 0.487 e. The van der Waals surface area contributed by atoms with Crippen LogP contribution in [0.5, 0.6) is 5.75 Å². The quantitative estimate of drug-likeness (QED) is 0.714. The normalized spacial score (nSPS) is 17.9. The summed E-state index contributed by atoms with van der Waals surface area (Å²) < 4.78 is 21.2. The lowest BCUT2D eigenvalue weighted by molar-refractivity contribution is 0.0678. The van der Waals surface area contributed by atoms with Crippen molar-refractivity contribution in [3.05, 3.63) is 54.0 Å². The number of ether oxygens (including phenoxy) is 1. The molecule has 2 aromatic carbocycles. The summed E-state index contributed by atoms with van der Waals surface area (Å²) in [7, 11) is 1.85. The van der Waals surface area contributed by atoms with E-state index in [2.05, 4.69) is 15.7 Å². The summed E-state index contributed by atoms with van der Waals surface area (Å²) in [4.78, 5) is 12.7. The Morgan fingerprint density at radius 2 is 2.15 bits per heavy atom. The molecular weight excluding hydrogens is 347 g/mol. The van der Waals surface area contributed by atoms with Crippen LogP contribution >= 0.6 is 0 Å². The first kappa shape index (κ1) is 17.3. The predicted octanol–water partition coefficient (Wildman–Crippen LogP) is 4.14. The predicted molar refractivity (Wildman–Crippen MR) is 101 cm³/mol. The van der Waals surface area contributed by atoms with Gasteiger partial charge in [-0.15, -0.1) is 0 Å². The van der Waals surface area contributed by atoms with Crippen LogP contribution in [0.1, 0.15) is 31.9 Å². The molecule has 7 heteroatoms. The maximum absolute atomic E-state index is 13.6. The van der Waals surface area contributed by atoms with Gasteiger partial charge in [0.25, 0.3) is 0 Å². The van der Waals surface area contributed by atoms with Crippen molar-refractivity contribution in [3.8, 4) is 5.75 Å². The first-order chi connectivity index (χ1) is 12.8. The van der Waals surface area contributed by atoms with Crippen LogP contribution in [0.2, 0.25) is 0 Å². The van der Waals surface area contributed by atoms with Gasteiger partial charge >= 0.3 is 6.03 Å². The van der Waals surface area contributed by atoms with Crippen LogP contribution in [0.3, 0.4) is 0 Å². The molecule has 140 valence electrons. The second-order valence-corrected chi connectivity index (χ2v) is 7.41. The zero-order valence-electron chi connectivity index (χ0n) is 15.4. The number of hydrogen-bond acceptors (Lipinski definition) is 3. The minimum absolute atomic E-state index is 0.280. The lowest BCUT2D eigenvalue weighted by Gasteiger charge is -2.37. The summed E-state index contributed by atoms with van der Waals surface area (Å²) in [6, 6.07) is 9.43. The number of aryl methyl sites for hydroxylation is 1. The van der Waals surface area contributed by atoms with Gasteiger partial charge in [-0.3, -0.25) is 4.68 Å². The van der Waals surface area contributed by atoms with E-state index >= 15 is 0 Å². The first-order valence-corrected chi connectivity index (χ1v) is 8.79. The van der Waals surface area contributed by atoms with Crippen molar-refractivity contribution in [1.82, 2.24) is 15.1 Å². The number of rotatable bonds is 2. The van der Waals surface area contributed by atoms with Gasteiger partial charge in [-0.25, -0.2) is 9.18 Å². The number of nitrogens with zero attached hydrogens (tertiary/aromatic N) is 2. The van der Waals surface area contributed by atoms with Crippen LogP contribution in [-0.4, -0.2) is 21.4 Å². The number of nitrogens with one attached hydrogen (secondary N) is 2. The third kappa shape index (κ3) is 3.32. The maximum atomic E-state index is 13.6. The summed E-state index contributed by atoms with van der Waals surface area (Å²) in [5, 5.41) is 11.0. The van der Waals surface area contributed by atoms with Crippen LogP contribution in [-0.2, 0) is 7.05 Å². The molecule has 0 saturated heterocycles. The third-order valence-corrected chi connectivity index (χ3v) is 4.78. The molecule has 27 heavy (non-hydrogen) atoms. The number of amides is 2. The maximum Gasteiger partial charge on any atom is 0.319 e. The van der Waals surface area contributed by atoms with E-state index in [1.54, 1.807) is 16.9 Å². The van der Waals surface area contributed by atoms with Gasteiger partial charge in [0, 0.05) is 30.5 Å². The number of hydrogen-bond donors (Lipinski definition) is 2. The number of carbonyl (C=O) groups is 1. The standard InChI is InChI=1S/C20H21FN4O2/c1-20(2)10-16(13-8-7-12(21)9-18(13)27-20)24-19(26)23-15-5-4-6-17-14(15)11-22-25(17)3/h4-9,11,16H,10H2,1-3H3,(H2,23,24,26)/t16-/m1/s1. The fourth-order valence-electron chi connectivity index (χ4n) is 3.56. The fraction of sp³-hybridized carbons (Fsp3) is 0.300. The molecule has 1 atom stereocenters. The highest BCUT2D eigenvalue weighted by molar-refractivity contribution is 6.00. The average Bonchev–Trinajstić information content (AvgIpc) is 2.96. The molecule has 0 radical (unpaired) electrons. The highest BCUT2D eigenvalue weighted by Gasteiger charge is 2.34. The number of urea groups is 1. The van der Waals surface area contributed by atoms with Gasteiger partial charge in [0.2, 0.25) is 0 Å². The second kappa shape index (κ2) is 6.26. The van der Waals surface area contributed by atoms with Gasteiger partial charge < -0.3 is 15.4 Å². The van der Waals surface area contributed by atoms with Crippen LogP contribution in [0.4, 0.5) is 14.9 Å². The van der Waals surface area contributed by atoms with Gasteiger partial charge in [0.15, 0.2) is 0 Å². The Kier molecular flexibility index (Phi) is 4.02. The molecular formula is C20H21FN4O2. The van der Waals surface area contributed by atoms with E-state index in [-0.39, 0.29) is 17.9 Å². The van der Waals surface area contributed by atoms with Crippen molar-refractivity contribution >= 4 is 22.6 Å². The molecule has 3 aromatic rings. The lowest BCUT2D eigenvalue weighted by Crippen LogP contribution is -2.42. The van der Waals surface area contributed by atoms with E-state index in [4.69, 9.17) is 4.74 Å². The molecule has 2 N–H and O–H groups in total. The van der Waals surface area contributed by atoms with Gasteiger partial charge in [-0.05, 0) is 32.0 Å². The van der Waals surface area contributed by atoms with Crippen LogP contribution in [0.25, 0.3) is 10.9 Å². The number of benzene rings is 2.